The highest BCUT2D eigenvalue weighted by molar-refractivity contribution is 7.98. The molecule has 0 saturated carbocycles. The molecule has 5 nitrogen and oxygen atoms in total. The van der Waals surface area contributed by atoms with Crippen LogP contribution in [-0.4, -0.2) is 46.5 Å². The molecule has 0 N–H and O–H groups in total. The number of aromatic nitrogens is 2. The van der Waals surface area contributed by atoms with Gasteiger partial charge in [0.2, 0.25) is 0 Å². The average Bonchev–Trinajstić information content (AvgIpc) is 3.12. The van der Waals surface area contributed by atoms with Crippen LogP contribution < -0.4 is 0 Å². The second-order valence-electron chi connectivity index (χ2n) is 5.80. The SMILES string of the molecule is CCOC(=O)N1CCC(n2ccnc2-c2ccc(SC)cc2)CC1. The van der Waals surface area contributed by atoms with Gasteiger partial charge in [0.15, 0.2) is 0 Å². The lowest BCUT2D eigenvalue weighted by atomic mass is 10.0. The van der Waals surface area contributed by atoms with Crippen molar-refractivity contribution in [2.75, 3.05) is 26.0 Å². The Labute approximate surface area is 147 Å². The third-order valence-electron chi connectivity index (χ3n) is 4.40. The van der Waals surface area contributed by atoms with E-state index < -0.39 is 0 Å². The summed E-state index contributed by atoms with van der Waals surface area (Å²) in [6, 6.07) is 8.87. The minimum atomic E-state index is -0.200. The van der Waals surface area contributed by atoms with Crippen LogP contribution in [0.1, 0.15) is 25.8 Å². The van der Waals surface area contributed by atoms with E-state index in [2.05, 4.69) is 40.1 Å². The molecule has 1 aromatic heterocycles. The number of hydrogen-bond acceptors (Lipinski definition) is 4. The van der Waals surface area contributed by atoms with Gasteiger partial charge in [-0.15, -0.1) is 11.8 Å². The highest BCUT2D eigenvalue weighted by Crippen LogP contribution is 2.29. The number of likely N-dealkylation sites (tertiary alicyclic amines) is 1. The highest BCUT2D eigenvalue weighted by Gasteiger charge is 2.25. The van der Waals surface area contributed by atoms with E-state index >= 15 is 0 Å². The third-order valence-corrected chi connectivity index (χ3v) is 5.14. The van der Waals surface area contributed by atoms with Crippen molar-refractivity contribution in [3.63, 3.8) is 0 Å². The number of carbonyl (C=O) groups is 1. The molecule has 0 atom stereocenters. The van der Waals surface area contributed by atoms with Gasteiger partial charge in [0, 0.05) is 42.0 Å². The molecule has 1 fully saturated rings. The monoisotopic (exact) mass is 345 g/mol. The first kappa shape index (κ1) is 16.9. The fourth-order valence-electron chi connectivity index (χ4n) is 3.11. The van der Waals surface area contributed by atoms with Crippen molar-refractivity contribution in [1.82, 2.24) is 14.5 Å². The molecular weight excluding hydrogens is 322 g/mol. The van der Waals surface area contributed by atoms with Gasteiger partial charge in [0.05, 0.1) is 6.61 Å². The molecule has 1 aromatic carbocycles. The predicted octanol–water partition coefficient (Wildman–Crippen LogP) is 4.07. The first-order chi connectivity index (χ1) is 11.7. The van der Waals surface area contributed by atoms with Gasteiger partial charge >= 0.3 is 6.09 Å². The lowest BCUT2D eigenvalue weighted by Crippen LogP contribution is -2.39. The van der Waals surface area contributed by atoms with Crippen LogP contribution in [0.3, 0.4) is 0 Å². The third kappa shape index (κ3) is 3.59. The molecule has 128 valence electrons. The van der Waals surface area contributed by atoms with E-state index in [1.165, 1.54) is 4.90 Å². The van der Waals surface area contributed by atoms with Crippen molar-refractivity contribution in [3.05, 3.63) is 36.7 Å². The predicted molar refractivity (Wildman–Crippen MR) is 96.3 cm³/mol. The van der Waals surface area contributed by atoms with Gasteiger partial charge in [-0.1, -0.05) is 12.1 Å². The van der Waals surface area contributed by atoms with E-state index in [1.54, 1.807) is 16.7 Å². The Balaban J connectivity index is 1.71. The summed E-state index contributed by atoms with van der Waals surface area (Å²) in [6.07, 6.45) is 7.62. The molecule has 1 aliphatic rings. The number of benzene rings is 1. The molecule has 2 aromatic rings. The number of imidazole rings is 1. The summed E-state index contributed by atoms with van der Waals surface area (Å²) in [5, 5.41) is 0. The molecule has 6 heteroatoms. The van der Waals surface area contributed by atoms with Crippen LogP contribution in [0.5, 0.6) is 0 Å². The smallest absolute Gasteiger partial charge is 0.409 e. The molecule has 2 heterocycles. The highest BCUT2D eigenvalue weighted by atomic mass is 32.2. The fourth-order valence-corrected chi connectivity index (χ4v) is 3.52. The summed E-state index contributed by atoms with van der Waals surface area (Å²) in [4.78, 5) is 19.4. The molecule has 0 aliphatic carbocycles. The largest absolute Gasteiger partial charge is 0.450 e. The van der Waals surface area contributed by atoms with Crippen molar-refractivity contribution in [3.8, 4) is 11.4 Å². The van der Waals surface area contributed by atoms with Gasteiger partial charge in [0.1, 0.15) is 5.82 Å². The van der Waals surface area contributed by atoms with Crippen LogP contribution in [0.15, 0.2) is 41.6 Å². The number of thioether (sulfide) groups is 1. The van der Waals surface area contributed by atoms with E-state index in [9.17, 15) is 4.79 Å². The number of amides is 1. The fraction of sp³-hybridized carbons (Fsp3) is 0.444. The zero-order chi connectivity index (χ0) is 16.9. The van der Waals surface area contributed by atoms with Gasteiger partial charge in [-0.25, -0.2) is 9.78 Å². The summed E-state index contributed by atoms with van der Waals surface area (Å²) in [5.41, 5.74) is 1.13. The standard InChI is InChI=1S/C18H23N3O2S/c1-3-23-18(22)20-11-8-15(9-12-20)21-13-10-19-17(21)14-4-6-16(24-2)7-5-14/h4-7,10,13,15H,3,8-9,11-12H2,1-2H3. The number of piperidine rings is 1. The van der Waals surface area contributed by atoms with Crippen LogP contribution in [0.4, 0.5) is 4.79 Å². The van der Waals surface area contributed by atoms with Crippen molar-refractivity contribution in [2.24, 2.45) is 0 Å². The molecule has 0 unspecified atom stereocenters. The summed E-state index contributed by atoms with van der Waals surface area (Å²) >= 11 is 1.74. The number of hydrogen-bond donors (Lipinski definition) is 0. The minimum Gasteiger partial charge on any atom is -0.450 e. The Hall–Kier alpha value is -1.95. The molecule has 3 rings (SSSR count). The number of nitrogens with zero attached hydrogens (tertiary/aromatic N) is 3. The van der Waals surface area contributed by atoms with Gasteiger partial charge < -0.3 is 14.2 Å². The Morgan fingerprint density at radius 3 is 2.62 bits per heavy atom. The molecule has 1 aliphatic heterocycles. The van der Waals surface area contributed by atoms with E-state index in [4.69, 9.17) is 4.74 Å². The lowest BCUT2D eigenvalue weighted by molar-refractivity contribution is 0.0928. The zero-order valence-corrected chi connectivity index (χ0v) is 15.0. The number of carbonyl (C=O) groups excluding carboxylic acids is 1. The molecular formula is C18H23N3O2S. The van der Waals surface area contributed by atoms with Gasteiger partial charge in [-0.05, 0) is 38.2 Å². The van der Waals surface area contributed by atoms with Gasteiger partial charge in [-0.2, -0.15) is 0 Å². The number of ether oxygens (including phenoxy) is 1. The second-order valence-corrected chi connectivity index (χ2v) is 6.68. The molecule has 1 amide bonds. The zero-order valence-electron chi connectivity index (χ0n) is 14.1. The first-order valence-corrected chi connectivity index (χ1v) is 9.54. The quantitative estimate of drug-likeness (QED) is 0.784. The first-order valence-electron chi connectivity index (χ1n) is 8.32. The van der Waals surface area contributed by atoms with Crippen LogP contribution in [0, 0.1) is 0 Å². The van der Waals surface area contributed by atoms with E-state index in [-0.39, 0.29) is 6.09 Å². The summed E-state index contributed by atoms with van der Waals surface area (Å²) in [5.74, 6) is 0.997. The summed E-state index contributed by atoms with van der Waals surface area (Å²) in [6.45, 7) is 3.72. The molecule has 1 saturated heterocycles. The van der Waals surface area contributed by atoms with Crippen molar-refractivity contribution < 1.29 is 9.53 Å². The van der Waals surface area contributed by atoms with Crippen LogP contribution in [0.2, 0.25) is 0 Å². The summed E-state index contributed by atoms with van der Waals surface area (Å²) in [7, 11) is 0. The van der Waals surface area contributed by atoms with Gasteiger partial charge in [0.25, 0.3) is 0 Å². The Morgan fingerprint density at radius 2 is 2.00 bits per heavy atom. The molecule has 0 spiro atoms. The van der Waals surface area contributed by atoms with Crippen molar-refractivity contribution in [2.45, 2.75) is 30.7 Å². The molecule has 0 radical (unpaired) electrons. The van der Waals surface area contributed by atoms with Crippen LogP contribution in [-0.2, 0) is 4.74 Å². The Morgan fingerprint density at radius 1 is 1.29 bits per heavy atom. The maximum Gasteiger partial charge on any atom is 0.409 e. The van der Waals surface area contributed by atoms with Gasteiger partial charge in [-0.3, -0.25) is 0 Å². The van der Waals surface area contributed by atoms with E-state index in [0.29, 0.717) is 12.6 Å². The second kappa shape index (κ2) is 7.75. The Bertz CT molecular complexity index is 676. The van der Waals surface area contributed by atoms with E-state index in [0.717, 1.165) is 37.3 Å². The van der Waals surface area contributed by atoms with E-state index in [1.807, 2.05) is 19.3 Å². The number of rotatable bonds is 4. The maximum absolute atomic E-state index is 11.8. The molecule has 0 bridgehead atoms. The van der Waals surface area contributed by atoms with Crippen LogP contribution >= 0.6 is 11.8 Å². The summed E-state index contributed by atoms with van der Waals surface area (Å²) < 4.78 is 7.33. The topological polar surface area (TPSA) is 47.4 Å². The normalized spacial score (nSPS) is 15.5. The maximum atomic E-state index is 11.8. The molecule has 24 heavy (non-hydrogen) atoms. The van der Waals surface area contributed by atoms with Crippen LogP contribution in [0.25, 0.3) is 11.4 Å². The minimum absolute atomic E-state index is 0.200. The Kier molecular flexibility index (Phi) is 5.45. The van der Waals surface area contributed by atoms with Crippen molar-refractivity contribution in [1.29, 1.82) is 0 Å². The van der Waals surface area contributed by atoms with Crippen molar-refractivity contribution >= 4 is 17.9 Å². The lowest BCUT2D eigenvalue weighted by Gasteiger charge is -2.32. The average molecular weight is 345 g/mol.